The van der Waals surface area contributed by atoms with Crippen molar-refractivity contribution < 1.29 is 20.1 Å². The van der Waals surface area contributed by atoms with E-state index in [1.807, 2.05) is 6.07 Å². The minimum absolute atomic E-state index is 0.0494. The number of nitriles is 1. The molecule has 2 rings (SSSR count). The number of hydrogen-bond acceptors (Lipinski definition) is 6. The molecule has 0 spiro atoms. The largest absolute Gasteiger partial charge is 0.392 e. The van der Waals surface area contributed by atoms with Crippen LogP contribution in [0.1, 0.15) is 28.1 Å². The fraction of sp³-hybridized carbons (Fsp3) is 0.294. The third-order valence-corrected chi connectivity index (χ3v) is 4.44. The van der Waals surface area contributed by atoms with Gasteiger partial charge in [0.15, 0.2) is 0 Å². The summed E-state index contributed by atoms with van der Waals surface area (Å²) < 4.78 is 0. The van der Waals surface area contributed by atoms with Gasteiger partial charge in [-0.15, -0.1) is 0 Å². The van der Waals surface area contributed by atoms with Crippen molar-refractivity contribution in [2.45, 2.75) is 26.4 Å². The lowest BCUT2D eigenvalue weighted by Gasteiger charge is -2.16. The summed E-state index contributed by atoms with van der Waals surface area (Å²) in [6.45, 7) is -1.22. The molecule has 0 radical (unpaired) electrons. The normalized spacial score (nSPS) is 10.6. The van der Waals surface area contributed by atoms with Gasteiger partial charge in [-0.2, -0.15) is 5.26 Å². The summed E-state index contributed by atoms with van der Waals surface area (Å²) in [6, 6.07) is 5.19. The number of benzene rings is 1. The Morgan fingerprint density at radius 2 is 1.92 bits per heavy atom. The van der Waals surface area contributed by atoms with Gasteiger partial charge in [-0.05, 0) is 22.3 Å². The molecule has 2 aromatic rings. The highest BCUT2D eigenvalue weighted by Crippen LogP contribution is 2.38. The Bertz CT molecular complexity index is 857. The van der Waals surface area contributed by atoms with Gasteiger partial charge in [-0.25, -0.2) is 0 Å². The van der Waals surface area contributed by atoms with Crippen LogP contribution in [0.15, 0.2) is 12.1 Å². The van der Waals surface area contributed by atoms with E-state index in [4.69, 9.17) is 17.3 Å². The summed E-state index contributed by atoms with van der Waals surface area (Å²) in [5, 5.41) is 40.9. The first kappa shape index (κ1) is 19.9. The Balaban J connectivity index is 2.66. The van der Waals surface area contributed by atoms with Gasteiger partial charge in [-0.3, -0.25) is 4.79 Å². The van der Waals surface area contributed by atoms with Crippen LogP contribution in [-0.2, 0) is 31.2 Å². The van der Waals surface area contributed by atoms with Gasteiger partial charge in [0.1, 0.15) is 11.8 Å². The molecule has 0 aliphatic heterocycles. The number of amides is 1. The van der Waals surface area contributed by atoms with Crippen molar-refractivity contribution in [3.8, 4) is 17.2 Å². The number of hydrogen-bond donors (Lipinski definition) is 6. The molecule has 0 atom stereocenters. The van der Waals surface area contributed by atoms with Crippen LogP contribution in [0.3, 0.4) is 0 Å². The van der Waals surface area contributed by atoms with Crippen molar-refractivity contribution in [1.29, 1.82) is 5.26 Å². The number of carbonyl (C=O) groups excluding carboxylic acids is 1. The summed E-state index contributed by atoms with van der Waals surface area (Å²) in [4.78, 5) is 14.3. The van der Waals surface area contributed by atoms with Crippen LogP contribution in [0.2, 0.25) is 5.02 Å². The van der Waals surface area contributed by atoms with E-state index in [0.29, 0.717) is 33.5 Å². The van der Waals surface area contributed by atoms with Crippen LogP contribution in [0.5, 0.6) is 0 Å². The average Bonchev–Trinajstić information content (AvgIpc) is 2.99. The van der Waals surface area contributed by atoms with Gasteiger partial charge in [0.05, 0.1) is 37.9 Å². The summed E-state index contributed by atoms with van der Waals surface area (Å²) in [5.74, 6) is -0.380. The highest BCUT2D eigenvalue weighted by atomic mass is 35.5. The van der Waals surface area contributed by atoms with Crippen molar-refractivity contribution in [2.75, 3.05) is 6.54 Å². The number of aliphatic hydroxyl groups is 3. The monoisotopic (exact) mass is 378 g/mol. The van der Waals surface area contributed by atoms with Crippen LogP contribution in [0.4, 0.5) is 0 Å². The predicted octanol–water partition coefficient (Wildman–Crippen LogP) is 0.259. The van der Waals surface area contributed by atoms with Crippen LogP contribution in [0.25, 0.3) is 11.1 Å². The molecule has 0 saturated carbocycles. The van der Waals surface area contributed by atoms with Crippen molar-refractivity contribution in [1.82, 2.24) is 10.3 Å². The lowest BCUT2D eigenvalue weighted by molar-refractivity contribution is -0.119. The van der Waals surface area contributed by atoms with E-state index in [1.54, 1.807) is 12.1 Å². The van der Waals surface area contributed by atoms with Gasteiger partial charge < -0.3 is 31.4 Å². The smallest absolute Gasteiger partial charge is 0.234 e. The molecule has 9 heteroatoms. The average molecular weight is 379 g/mol. The number of aromatic amines is 1. The molecule has 7 N–H and O–H groups in total. The molecule has 1 heterocycles. The standard InChI is InChI=1S/C17H19ClN4O4/c18-17-13(3-19)22-14(5-21-15(26)4-20)16(17)10-2-1-9(6-23)11(7-24)12(10)8-25/h1-2,22-25H,4-8,20H2,(H,21,26). The minimum atomic E-state index is -0.406. The van der Waals surface area contributed by atoms with Gasteiger partial charge in [0, 0.05) is 11.3 Å². The Morgan fingerprint density at radius 1 is 1.23 bits per heavy atom. The number of carbonyl (C=O) groups is 1. The van der Waals surface area contributed by atoms with E-state index in [0.717, 1.165) is 0 Å². The summed E-state index contributed by atoms with van der Waals surface area (Å²) >= 11 is 6.33. The van der Waals surface area contributed by atoms with Crippen LogP contribution in [-0.4, -0.2) is 32.8 Å². The van der Waals surface area contributed by atoms with Crippen molar-refractivity contribution >= 4 is 17.5 Å². The van der Waals surface area contributed by atoms with E-state index in [9.17, 15) is 25.4 Å². The third kappa shape index (κ3) is 3.72. The molecular weight excluding hydrogens is 360 g/mol. The van der Waals surface area contributed by atoms with Gasteiger partial charge in [0.2, 0.25) is 5.91 Å². The van der Waals surface area contributed by atoms with Gasteiger partial charge in [-0.1, -0.05) is 23.7 Å². The lowest BCUT2D eigenvalue weighted by atomic mass is 9.92. The predicted molar refractivity (Wildman–Crippen MR) is 94.6 cm³/mol. The zero-order valence-electron chi connectivity index (χ0n) is 13.8. The number of halogens is 1. The maximum absolute atomic E-state index is 11.5. The molecule has 1 aromatic carbocycles. The number of nitrogens with two attached hydrogens (primary N) is 1. The number of aliphatic hydroxyl groups excluding tert-OH is 3. The van der Waals surface area contributed by atoms with Crippen LogP contribution < -0.4 is 11.1 Å². The SMILES string of the molecule is N#Cc1[nH]c(CNC(=O)CN)c(-c2ccc(CO)c(CO)c2CO)c1Cl. The number of rotatable bonds is 7. The van der Waals surface area contributed by atoms with Gasteiger partial charge in [0.25, 0.3) is 0 Å². The first-order valence-electron chi connectivity index (χ1n) is 7.76. The lowest BCUT2D eigenvalue weighted by Crippen LogP contribution is -2.30. The second kappa shape index (κ2) is 8.80. The summed E-state index contributed by atoms with van der Waals surface area (Å²) in [7, 11) is 0. The Hall–Kier alpha value is -2.41. The Labute approximate surface area is 154 Å². The number of aromatic nitrogens is 1. The topological polar surface area (TPSA) is 155 Å². The Kier molecular flexibility index (Phi) is 6.74. The highest BCUT2D eigenvalue weighted by molar-refractivity contribution is 6.34. The highest BCUT2D eigenvalue weighted by Gasteiger charge is 2.22. The maximum atomic E-state index is 11.5. The number of H-pyrrole nitrogens is 1. The van der Waals surface area contributed by atoms with Gasteiger partial charge >= 0.3 is 0 Å². The zero-order valence-corrected chi connectivity index (χ0v) is 14.6. The van der Waals surface area contributed by atoms with Crippen molar-refractivity contribution in [3.63, 3.8) is 0 Å². The van der Waals surface area contributed by atoms with E-state index in [2.05, 4.69) is 10.3 Å². The first-order chi connectivity index (χ1) is 12.5. The molecule has 138 valence electrons. The van der Waals surface area contributed by atoms with Crippen LogP contribution >= 0.6 is 11.6 Å². The van der Waals surface area contributed by atoms with E-state index in [1.165, 1.54) is 0 Å². The third-order valence-electron chi connectivity index (χ3n) is 4.06. The zero-order chi connectivity index (χ0) is 19.3. The van der Waals surface area contributed by atoms with Crippen molar-refractivity contribution in [2.24, 2.45) is 5.73 Å². The molecular formula is C17H19ClN4O4. The van der Waals surface area contributed by atoms with E-state index in [-0.39, 0.29) is 42.9 Å². The minimum Gasteiger partial charge on any atom is -0.392 e. The molecule has 26 heavy (non-hydrogen) atoms. The van der Waals surface area contributed by atoms with Crippen LogP contribution in [0, 0.1) is 11.3 Å². The molecule has 0 unspecified atom stereocenters. The van der Waals surface area contributed by atoms with E-state index >= 15 is 0 Å². The molecule has 1 amide bonds. The molecule has 0 saturated heterocycles. The number of nitrogens with one attached hydrogen (secondary N) is 2. The van der Waals surface area contributed by atoms with Crippen molar-refractivity contribution in [3.05, 3.63) is 45.2 Å². The molecule has 0 bridgehead atoms. The second-order valence-corrected chi connectivity index (χ2v) is 5.84. The maximum Gasteiger partial charge on any atom is 0.234 e. The first-order valence-corrected chi connectivity index (χ1v) is 8.13. The summed E-state index contributed by atoms with van der Waals surface area (Å²) in [6.07, 6.45) is 0. The fourth-order valence-electron chi connectivity index (χ4n) is 2.78. The molecule has 0 aliphatic rings. The summed E-state index contributed by atoms with van der Waals surface area (Å²) in [5.41, 5.74) is 8.03. The Morgan fingerprint density at radius 3 is 2.46 bits per heavy atom. The fourth-order valence-corrected chi connectivity index (χ4v) is 3.08. The second-order valence-electron chi connectivity index (χ2n) is 5.46. The molecule has 0 aliphatic carbocycles. The molecule has 0 fully saturated rings. The number of nitrogens with zero attached hydrogens (tertiary/aromatic N) is 1. The quantitative estimate of drug-likeness (QED) is 0.406. The molecule has 8 nitrogen and oxygen atoms in total. The molecule has 1 aromatic heterocycles. The van der Waals surface area contributed by atoms with E-state index < -0.39 is 6.61 Å².